The third-order valence-electron chi connectivity index (χ3n) is 3.11. The van der Waals surface area contributed by atoms with Crippen molar-refractivity contribution in [2.24, 2.45) is 11.5 Å². The number of benzene rings is 1. The quantitative estimate of drug-likeness (QED) is 0.597. The lowest BCUT2D eigenvalue weighted by atomic mass is 9.98. The highest BCUT2D eigenvalue weighted by Crippen LogP contribution is 2.20. The maximum atomic E-state index is 13.0. The number of hydrogen-bond donors (Lipinski definition) is 4. The average Bonchev–Trinajstić information content (AvgIpc) is 2.45. The molecule has 0 aliphatic rings. The zero-order valence-electron chi connectivity index (χ0n) is 12.2. The fourth-order valence-electron chi connectivity index (χ4n) is 1.95. The van der Waals surface area contributed by atoms with Gasteiger partial charge in [0, 0.05) is 0 Å². The van der Waals surface area contributed by atoms with Gasteiger partial charge in [0.1, 0.15) is 0 Å². The Labute approximate surface area is 127 Å². The predicted octanol–water partition coefficient (Wildman–Crippen LogP) is 0.805. The van der Waals surface area contributed by atoms with E-state index in [1.54, 1.807) is 12.1 Å². The molecule has 1 aromatic rings. The molecule has 8 heteroatoms. The summed E-state index contributed by atoms with van der Waals surface area (Å²) in [4.78, 5) is 22.9. The molecule has 0 radical (unpaired) electrons. The van der Waals surface area contributed by atoms with Gasteiger partial charge in [0.25, 0.3) is 5.92 Å². The van der Waals surface area contributed by atoms with E-state index in [9.17, 15) is 18.4 Å². The van der Waals surface area contributed by atoms with Gasteiger partial charge in [-0.3, -0.25) is 4.79 Å². The largest absolute Gasteiger partial charge is 0.352 e. The van der Waals surface area contributed by atoms with Crippen LogP contribution in [-0.2, 0) is 4.79 Å². The third kappa shape index (κ3) is 5.65. The van der Waals surface area contributed by atoms with Crippen molar-refractivity contribution in [1.82, 2.24) is 10.6 Å². The normalized spacial score (nSPS) is 12.5. The number of nitrogens with one attached hydrogen (secondary N) is 2. The lowest BCUT2D eigenvalue weighted by Gasteiger charge is -2.20. The summed E-state index contributed by atoms with van der Waals surface area (Å²) in [5, 5.41) is 4.55. The van der Waals surface area contributed by atoms with E-state index in [0.717, 1.165) is 5.56 Å². The van der Waals surface area contributed by atoms with Crippen LogP contribution in [0.5, 0.6) is 0 Å². The van der Waals surface area contributed by atoms with Gasteiger partial charge in [0.05, 0.1) is 25.6 Å². The van der Waals surface area contributed by atoms with E-state index < -0.39 is 37.0 Å². The molecule has 0 saturated heterocycles. The van der Waals surface area contributed by atoms with Crippen LogP contribution >= 0.6 is 0 Å². The summed E-state index contributed by atoms with van der Waals surface area (Å²) in [5.74, 6) is -3.79. The van der Waals surface area contributed by atoms with Gasteiger partial charge in [-0.25, -0.2) is 13.6 Å². The number of nitrogens with two attached hydrogens (primary N) is 2. The van der Waals surface area contributed by atoms with E-state index in [1.807, 2.05) is 19.1 Å². The molecule has 6 N–H and O–H groups in total. The van der Waals surface area contributed by atoms with Crippen LogP contribution in [0.15, 0.2) is 24.3 Å². The molecule has 0 heterocycles. The van der Waals surface area contributed by atoms with Crippen molar-refractivity contribution in [2.75, 3.05) is 13.1 Å². The molecule has 122 valence electrons. The number of amides is 3. The molecule has 1 aromatic carbocycles. The van der Waals surface area contributed by atoms with Crippen LogP contribution in [0.2, 0.25) is 0 Å². The van der Waals surface area contributed by atoms with Gasteiger partial charge in [0.2, 0.25) is 5.91 Å². The zero-order chi connectivity index (χ0) is 16.8. The average molecular weight is 314 g/mol. The molecular weight excluding hydrogens is 294 g/mol. The second kappa shape index (κ2) is 7.69. The Bertz CT molecular complexity index is 537. The first-order chi connectivity index (χ1) is 10.2. The minimum Gasteiger partial charge on any atom is -0.352 e. The monoisotopic (exact) mass is 314 g/mol. The van der Waals surface area contributed by atoms with Gasteiger partial charge < -0.3 is 22.1 Å². The van der Waals surface area contributed by atoms with Crippen LogP contribution < -0.4 is 22.1 Å². The van der Waals surface area contributed by atoms with E-state index in [0.29, 0.717) is 5.56 Å². The van der Waals surface area contributed by atoms with Crippen molar-refractivity contribution in [3.63, 3.8) is 0 Å². The summed E-state index contributed by atoms with van der Waals surface area (Å²) in [6.45, 7) is 0.110. The number of aryl methyl sites for hydroxylation is 1. The third-order valence-corrected chi connectivity index (χ3v) is 3.11. The second-order valence-electron chi connectivity index (χ2n) is 4.96. The lowest BCUT2D eigenvalue weighted by Crippen LogP contribution is -2.43. The topological polar surface area (TPSA) is 110 Å². The first-order valence-corrected chi connectivity index (χ1v) is 6.71. The van der Waals surface area contributed by atoms with Crippen molar-refractivity contribution in [1.29, 1.82) is 0 Å². The van der Waals surface area contributed by atoms with Gasteiger partial charge in [-0.15, -0.1) is 0 Å². The molecule has 0 fully saturated rings. The van der Waals surface area contributed by atoms with Crippen LogP contribution in [0.1, 0.15) is 23.6 Å². The fourth-order valence-corrected chi connectivity index (χ4v) is 1.95. The highest BCUT2D eigenvalue weighted by molar-refractivity contribution is 5.79. The number of primary amides is 1. The molecule has 6 nitrogen and oxygen atoms in total. The van der Waals surface area contributed by atoms with Gasteiger partial charge in [-0.05, 0) is 18.1 Å². The Balaban J connectivity index is 2.76. The Morgan fingerprint density at radius 3 is 2.50 bits per heavy atom. The van der Waals surface area contributed by atoms with Gasteiger partial charge in [-0.1, -0.05) is 24.3 Å². The molecular formula is C14H20F2N4O2. The van der Waals surface area contributed by atoms with E-state index >= 15 is 0 Å². The summed E-state index contributed by atoms with van der Waals surface area (Å²) in [6.07, 6.45) is -0.200. The smallest absolute Gasteiger partial charge is 0.312 e. The Morgan fingerprint density at radius 2 is 1.95 bits per heavy atom. The summed E-state index contributed by atoms with van der Waals surface area (Å²) in [7, 11) is 0. The number of carbonyl (C=O) groups excluding carboxylic acids is 2. The van der Waals surface area contributed by atoms with Gasteiger partial charge in [-0.2, -0.15) is 0 Å². The molecule has 0 aromatic heterocycles. The van der Waals surface area contributed by atoms with E-state index in [-0.39, 0.29) is 6.42 Å². The molecule has 1 unspecified atom stereocenters. The van der Waals surface area contributed by atoms with E-state index in [2.05, 4.69) is 10.6 Å². The van der Waals surface area contributed by atoms with Gasteiger partial charge in [0.15, 0.2) is 0 Å². The molecule has 0 bridgehead atoms. The standard InChI is InChI=1S/C14H20F2N4O2/c1-9-4-2-3-5-10(9)11(20-13(18)22)6-12(21)19-8-14(15,16)7-17/h2-5,11H,6-8,17H2,1H3,(H,19,21)(H3,18,20,22). The van der Waals surface area contributed by atoms with Crippen molar-refractivity contribution < 1.29 is 18.4 Å². The number of rotatable bonds is 7. The molecule has 0 aliphatic heterocycles. The number of hydrogen-bond acceptors (Lipinski definition) is 3. The number of alkyl halides is 2. The number of urea groups is 1. The van der Waals surface area contributed by atoms with Crippen LogP contribution in [-0.4, -0.2) is 31.0 Å². The lowest BCUT2D eigenvalue weighted by molar-refractivity contribution is -0.123. The van der Waals surface area contributed by atoms with Crippen LogP contribution in [0.3, 0.4) is 0 Å². The van der Waals surface area contributed by atoms with Crippen molar-refractivity contribution in [2.45, 2.75) is 25.3 Å². The van der Waals surface area contributed by atoms with Gasteiger partial charge >= 0.3 is 6.03 Å². The molecule has 1 atom stereocenters. The summed E-state index contributed by atoms with van der Waals surface area (Å²) in [5.41, 5.74) is 11.5. The van der Waals surface area contributed by atoms with Crippen molar-refractivity contribution in [3.8, 4) is 0 Å². The predicted molar refractivity (Wildman–Crippen MR) is 78.3 cm³/mol. The molecule has 1 rings (SSSR count). The number of carbonyl (C=O) groups is 2. The molecule has 0 saturated carbocycles. The fraction of sp³-hybridized carbons (Fsp3) is 0.429. The SMILES string of the molecule is Cc1ccccc1C(CC(=O)NCC(F)(F)CN)NC(N)=O. The highest BCUT2D eigenvalue weighted by Gasteiger charge is 2.28. The summed E-state index contributed by atoms with van der Waals surface area (Å²) in [6, 6.07) is 5.61. The van der Waals surface area contributed by atoms with Crippen molar-refractivity contribution >= 4 is 11.9 Å². The first-order valence-electron chi connectivity index (χ1n) is 6.71. The maximum Gasteiger partial charge on any atom is 0.312 e. The summed E-state index contributed by atoms with van der Waals surface area (Å²) < 4.78 is 26.0. The molecule has 22 heavy (non-hydrogen) atoms. The Morgan fingerprint density at radius 1 is 1.32 bits per heavy atom. The first kappa shape index (κ1) is 17.8. The molecule has 0 spiro atoms. The van der Waals surface area contributed by atoms with Crippen LogP contribution in [0, 0.1) is 6.92 Å². The molecule has 3 amide bonds. The van der Waals surface area contributed by atoms with E-state index in [1.165, 1.54) is 0 Å². The Kier molecular flexibility index (Phi) is 6.24. The maximum absolute atomic E-state index is 13.0. The molecule has 0 aliphatic carbocycles. The summed E-state index contributed by atoms with van der Waals surface area (Å²) >= 11 is 0. The zero-order valence-corrected chi connectivity index (χ0v) is 12.2. The minimum absolute atomic E-state index is 0.200. The number of halogens is 2. The van der Waals surface area contributed by atoms with E-state index in [4.69, 9.17) is 11.5 Å². The Hall–Kier alpha value is -2.22. The van der Waals surface area contributed by atoms with Crippen molar-refractivity contribution in [3.05, 3.63) is 35.4 Å². The van der Waals surface area contributed by atoms with Crippen LogP contribution in [0.4, 0.5) is 13.6 Å². The second-order valence-corrected chi connectivity index (χ2v) is 4.96. The highest BCUT2D eigenvalue weighted by atomic mass is 19.3. The van der Waals surface area contributed by atoms with Crippen LogP contribution in [0.25, 0.3) is 0 Å². The minimum atomic E-state index is -3.16.